The van der Waals surface area contributed by atoms with Crippen LogP contribution in [0, 0.1) is 0 Å². The lowest BCUT2D eigenvalue weighted by atomic mass is 10.1. The SMILES string of the molecule is COc1cccc(-c2nc(CI)c(C(C)C)o2)c1. The molecule has 0 N–H and O–H groups in total. The largest absolute Gasteiger partial charge is 0.497 e. The predicted molar refractivity (Wildman–Crippen MR) is 80.3 cm³/mol. The molecule has 96 valence electrons. The Morgan fingerprint density at radius 3 is 2.72 bits per heavy atom. The fourth-order valence-electron chi connectivity index (χ4n) is 1.79. The average Bonchev–Trinajstić information content (AvgIpc) is 2.83. The highest BCUT2D eigenvalue weighted by atomic mass is 127. The minimum atomic E-state index is 0.349. The van der Waals surface area contributed by atoms with E-state index in [4.69, 9.17) is 9.15 Å². The Morgan fingerprint density at radius 2 is 2.17 bits per heavy atom. The molecule has 1 aromatic heterocycles. The molecular formula is C14H16INO2. The van der Waals surface area contributed by atoms with E-state index in [0.717, 1.165) is 27.2 Å². The van der Waals surface area contributed by atoms with Crippen LogP contribution in [0.1, 0.15) is 31.2 Å². The normalized spacial score (nSPS) is 10.9. The Hall–Kier alpha value is -1.04. The Kier molecular flexibility index (Phi) is 4.27. The monoisotopic (exact) mass is 357 g/mol. The van der Waals surface area contributed by atoms with Crippen LogP contribution >= 0.6 is 22.6 Å². The van der Waals surface area contributed by atoms with Crippen molar-refractivity contribution in [2.24, 2.45) is 0 Å². The van der Waals surface area contributed by atoms with Crippen LogP contribution < -0.4 is 4.74 Å². The molecule has 0 radical (unpaired) electrons. The van der Waals surface area contributed by atoms with Gasteiger partial charge in [-0.2, -0.15) is 0 Å². The zero-order chi connectivity index (χ0) is 13.1. The van der Waals surface area contributed by atoms with E-state index in [9.17, 15) is 0 Å². The van der Waals surface area contributed by atoms with E-state index in [2.05, 4.69) is 41.4 Å². The lowest BCUT2D eigenvalue weighted by Gasteiger charge is -2.01. The standard InChI is InChI=1S/C14H16INO2/c1-9(2)13-12(8-15)16-14(18-13)10-5-4-6-11(7-10)17-3/h4-7,9H,8H2,1-3H3. The van der Waals surface area contributed by atoms with E-state index in [-0.39, 0.29) is 0 Å². The summed E-state index contributed by atoms with van der Waals surface area (Å²) in [5, 5.41) is 0. The summed E-state index contributed by atoms with van der Waals surface area (Å²) in [4.78, 5) is 4.57. The second-order valence-electron chi connectivity index (χ2n) is 4.35. The van der Waals surface area contributed by atoms with Crippen molar-refractivity contribution in [3.63, 3.8) is 0 Å². The van der Waals surface area contributed by atoms with E-state index in [0.29, 0.717) is 11.8 Å². The van der Waals surface area contributed by atoms with Crippen LogP contribution in [0.2, 0.25) is 0 Å². The molecule has 0 aliphatic carbocycles. The molecule has 0 unspecified atom stereocenters. The van der Waals surface area contributed by atoms with Crippen LogP contribution in [0.3, 0.4) is 0 Å². The lowest BCUT2D eigenvalue weighted by molar-refractivity contribution is 0.414. The minimum Gasteiger partial charge on any atom is -0.497 e. The first-order chi connectivity index (χ1) is 8.65. The highest BCUT2D eigenvalue weighted by Gasteiger charge is 2.16. The fourth-order valence-corrected chi connectivity index (χ4v) is 2.34. The maximum atomic E-state index is 5.88. The molecule has 0 amide bonds. The van der Waals surface area contributed by atoms with Gasteiger partial charge in [0, 0.05) is 15.9 Å². The molecule has 1 heterocycles. The topological polar surface area (TPSA) is 35.3 Å². The molecule has 1 aromatic carbocycles. The van der Waals surface area contributed by atoms with E-state index in [1.54, 1.807) is 7.11 Å². The first-order valence-electron chi connectivity index (χ1n) is 5.85. The molecule has 0 aliphatic heterocycles. The highest BCUT2D eigenvalue weighted by molar-refractivity contribution is 14.1. The number of ether oxygens (including phenoxy) is 1. The predicted octanol–water partition coefficient (Wildman–Crippen LogP) is 4.41. The second-order valence-corrected chi connectivity index (χ2v) is 5.11. The Bertz CT molecular complexity index is 534. The average molecular weight is 357 g/mol. The fraction of sp³-hybridized carbons (Fsp3) is 0.357. The van der Waals surface area contributed by atoms with Crippen LogP contribution in [0.4, 0.5) is 0 Å². The zero-order valence-corrected chi connectivity index (χ0v) is 12.9. The minimum absolute atomic E-state index is 0.349. The Labute approximate surface area is 121 Å². The van der Waals surface area contributed by atoms with Crippen molar-refractivity contribution < 1.29 is 9.15 Å². The van der Waals surface area contributed by atoms with Gasteiger partial charge in [0.05, 0.1) is 12.8 Å². The Morgan fingerprint density at radius 1 is 1.39 bits per heavy atom. The third-order valence-electron chi connectivity index (χ3n) is 2.70. The number of aromatic nitrogens is 1. The number of hydrogen-bond acceptors (Lipinski definition) is 3. The van der Waals surface area contributed by atoms with Crippen molar-refractivity contribution in [3.8, 4) is 17.2 Å². The van der Waals surface area contributed by atoms with Crippen LogP contribution in [0.15, 0.2) is 28.7 Å². The van der Waals surface area contributed by atoms with Gasteiger partial charge in [-0.3, -0.25) is 0 Å². The van der Waals surface area contributed by atoms with Gasteiger partial charge in [-0.05, 0) is 18.2 Å². The lowest BCUT2D eigenvalue weighted by Crippen LogP contribution is -1.89. The summed E-state index contributed by atoms with van der Waals surface area (Å²) in [6.45, 7) is 4.23. The maximum Gasteiger partial charge on any atom is 0.226 e. The third kappa shape index (κ3) is 2.68. The van der Waals surface area contributed by atoms with E-state index >= 15 is 0 Å². The number of hydrogen-bond donors (Lipinski definition) is 0. The summed E-state index contributed by atoms with van der Waals surface area (Å²) in [6.07, 6.45) is 0. The smallest absolute Gasteiger partial charge is 0.226 e. The third-order valence-corrected chi connectivity index (χ3v) is 3.42. The van der Waals surface area contributed by atoms with E-state index < -0.39 is 0 Å². The number of methoxy groups -OCH3 is 1. The molecule has 0 spiro atoms. The summed E-state index contributed by atoms with van der Waals surface area (Å²) >= 11 is 2.31. The number of alkyl halides is 1. The van der Waals surface area contributed by atoms with Crippen molar-refractivity contribution in [2.45, 2.75) is 24.2 Å². The van der Waals surface area contributed by atoms with Crippen LogP contribution in [0.25, 0.3) is 11.5 Å². The molecule has 0 atom stereocenters. The van der Waals surface area contributed by atoms with Crippen molar-refractivity contribution in [1.82, 2.24) is 4.98 Å². The second kappa shape index (κ2) is 5.73. The van der Waals surface area contributed by atoms with E-state index in [1.165, 1.54) is 0 Å². The van der Waals surface area contributed by atoms with Crippen LogP contribution in [-0.2, 0) is 4.43 Å². The summed E-state index contributed by atoms with van der Waals surface area (Å²) in [6, 6.07) is 7.77. The number of nitrogens with zero attached hydrogens (tertiary/aromatic N) is 1. The molecule has 0 saturated heterocycles. The first-order valence-corrected chi connectivity index (χ1v) is 7.38. The van der Waals surface area contributed by atoms with Gasteiger partial charge in [-0.1, -0.05) is 42.5 Å². The molecule has 0 saturated carbocycles. The molecule has 2 rings (SSSR count). The van der Waals surface area contributed by atoms with Crippen molar-refractivity contribution >= 4 is 22.6 Å². The molecule has 0 bridgehead atoms. The summed E-state index contributed by atoms with van der Waals surface area (Å²) in [7, 11) is 1.66. The first kappa shape index (κ1) is 13.4. The van der Waals surface area contributed by atoms with Gasteiger partial charge in [0.25, 0.3) is 0 Å². The molecule has 3 nitrogen and oxygen atoms in total. The van der Waals surface area contributed by atoms with Gasteiger partial charge in [0.2, 0.25) is 5.89 Å². The Balaban J connectivity index is 2.44. The zero-order valence-electron chi connectivity index (χ0n) is 10.7. The maximum absolute atomic E-state index is 5.88. The van der Waals surface area contributed by atoms with Crippen molar-refractivity contribution in [2.75, 3.05) is 7.11 Å². The summed E-state index contributed by atoms with van der Waals surface area (Å²) in [5.41, 5.74) is 1.98. The highest BCUT2D eigenvalue weighted by Crippen LogP contribution is 2.29. The van der Waals surface area contributed by atoms with Crippen LogP contribution in [-0.4, -0.2) is 12.1 Å². The summed E-state index contributed by atoms with van der Waals surface area (Å²) in [5.74, 6) is 2.81. The van der Waals surface area contributed by atoms with Crippen LogP contribution in [0.5, 0.6) is 5.75 Å². The molecule has 0 fully saturated rings. The molecular weight excluding hydrogens is 341 g/mol. The van der Waals surface area contributed by atoms with Gasteiger partial charge < -0.3 is 9.15 Å². The van der Waals surface area contributed by atoms with E-state index in [1.807, 2.05) is 24.3 Å². The van der Waals surface area contributed by atoms with Gasteiger partial charge in [0.1, 0.15) is 11.5 Å². The quantitative estimate of drug-likeness (QED) is 0.601. The number of rotatable bonds is 4. The van der Waals surface area contributed by atoms with Crippen molar-refractivity contribution in [1.29, 1.82) is 0 Å². The van der Waals surface area contributed by atoms with Gasteiger partial charge in [-0.25, -0.2) is 4.98 Å². The molecule has 0 aliphatic rings. The number of oxazole rings is 1. The van der Waals surface area contributed by atoms with Gasteiger partial charge in [-0.15, -0.1) is 0 Å². The molecule has 4 heteroatoms. The van der Waals surface area contributed by atoms with Gasteiger partial charge >= 0.3 is 0 Å². The number of halogens is 1. The summed E-state index contributed by atoms with van der Waals surface area (Å²) < 4.78 is 12.0. The molecule has 2 aromatic rings. The van der Waals surface area contributed by atoms with Gasteiger partial charge in [0.15, 0.2) is 0 Å². The van der Waals surface area contributed by atoms with Crippen molar-refractivity contribution in [3.05, 3.63) is 35.7 Å². The number of benzene rings is 1. The molecule has 18 heavy (non-hydrogen) atoms.